The van der Waals surface area contributed by atoms with Gasteiger partial charge < -0.3 is 10.5 Å². The molecule has 1 aliphatic rings. The van der Waals surface area contributed by atoms with Crippen molar-refractivity contribution in [2.24, 2.45) is 5.73 Å². The first kappa shape index (κ1) is 8.97. The van der Waals surface area contributed by atoms with Gasteiger partial charge in [-0.25, -0.2) is 4.39 Å². The van der Waals surface area contributed by atoms with Gasteiger partial charge in [0.25, 0.3) is 0 Å². The molecule has 3 nitrogen and oxygen atoms in total. The van der Waals surface area contributed by atoms with Crippen LogP contribution in [0.1, 0.15) is 23.6 Å². The second-order valence-electron chi connectivity index (χ2n) is 3.20. The average Bonchev–Trinajstić information content (AvgIpc) is 2.18. The van der Waals surface area contributed by atoms with Gasteiger partial charge in [0.1, 0.15) is 23.2 Å². The molecule has 0 radical (unpaired) electrons. The van der Waals surface area contributed by atoms with Crippen molar-refractivity contribution in [2.75, 3.05) is 6.61 Å². The number of hydrogen-bond donors (Lipinski definition) is 1. The maximum absolute atomic E-state index is 13.2. The summed E-state index contributed by atoms with van der Waals surface area (Å²) < 4.78 is 18.4. The maximum atomic E-state index is 13.2. The molecule has 0 fully saturated rings. The molecule has 2 N–H and O–H groups in total. The Morgan fingerprint density at radius 2 is 2.36 bits per heavy atom. The molecule has 14 heavy (non-hydrogen) atoms. The third kappa shape index (κ3) is 1.22. The van der Waals surface area contributed by atoms with Crippen molar-refractivity contribution < 1.29 is 9.13 Å². The fourth-order valence-corrected chi connectivity index (χ4v) is 1.57. The maximum Gasteiger partial charge on any atom is 0.144 e. The Hall–Kier alpha value is -1.60. The van der Waals surface area contributed by atoms with Crippen molar-refractivity contribution in [1.29, 1.82) is 5.26 Å². The van der Waals surface area contributed by atoms with Crippen LogP contribution in [-0.2, 0) is 0 Å². The van der Waals surface area contributed by atoms with E-state index in [1.165, 1.54) is 6.07 Å². The van der Waals surface area contributed by atoms with Crippen molar-refractivity contribution in [1.82, 2.24) is 0 Å². The molecule has 0 amide bonds. The van der Waals surface area contributed by atoms with E-state index in [1.54, 1.807) is 12.1 Å². The summed E-state index contributed by atoms with van der Waals surface area (Å²) in [6.45, 7) is 0.437. The molecule has 4 heteroatoms. The molecule has 2 rings (SSSR count). The molecule has 0 unspecified atom stereocenters. The molecule has 1 aromatic rings. The van der Waals surface area contributed by atoms with Crippen LogP contribution in [0.25, 0.3) is 0 Å². The van der Waals surface area contributed by atoms with Crippen molar-refractivity contribution in [2.45, 2.75) is 12.5 Å². The molecule has 0 saturated carbocycles. The zero-order valence-corrected chi connectivity index (χ0v) is 7.46. The van der Waals surface area contributed by atoms with Crippen LogP contribution in [0.5, 0.6) is 5.75 Å². The van der Waals surface area contributed by atoms with Crippen LogP contribution in [0.4, 0.5) is 4.39 Å². The topological polar surface area (TPSA) is 59.0 Å². The lowest BCUT2D eigenvalue weighted by Crippen LogP contribution is -2.21. The zero-order valence-electron chi connectivity index (χ0n) is 7.46. The van der Waals surface area contributed by atoms with E-state index >= 15 is 0 Å². The fraction of sp³-hybridized carbons (Fsp3) is 0.300. The third-order valence-electron chi connectivity index (χ3n) is 2.32. The number of nitrogens with zero attached hydrogens (tertiary/aromatic N) is 1. The van der Waals surface area contributed by atoms with Gasteiger partial charge >= 0.3 is 0 Å². The number of nitriles is 1. The largest absolute Gasteiger partial charge is 0.492 e. The van der Waals surface area contributed by atoms with Gasteiger partial charge in [0.15, 0.2) is 0 Å². The van der Waals surface area contributed by atoms with Crippen LogP contribution in [0.15, 0.2) is 12.1 Å². The highest BCUT2D eigenvalue weighted by Crippen LogP contribution is 2.34. The Balaban J connectivity index is 2.63. The molecule has 1 atom stereocenters. The first-order chi connectivity index (χ1) is 6.74. The van der Waals surface area contributed by atoms with Crippen molar-refractivity contribution in [3.8, 4) is 11.8 Å². The zero-order chi connectivity index (χ0) is 10.1. The van der Waals surface area contributed by atoms with Crippen LogP contribution in [0.3, 0.4) is 0 Å². The highest BCUT2D eigenvalue weighted by Gasteiger charge is 2.23. The SMILES string of the molecule is N#Cc1c(F)ccc2c1OCC[C@@H]2N. The minimum Gasteiger partial charge on any atom is -0.492 e. The Bertz CT molecular complexity index is 411. The van der Waals surface area contributed by atoms with Crippen molar-refractivity contribution >= 4 is 0 Å². The Kier molecular flexibility index (Phi) is 2.10. The minimum absolute atomic E-state index is 0.0438. The molecular weight excluding hydrogens is 183 g/mol. The van der Waals surface area contributed by atoms with Gasteiger partial charge in [-0.3, -0.25) is 0 Å². The predicted molar refractivity (Wildman–Crippen MR) is 48.2 cm³/mol. The van der Waals surface area contributed by atoms with Crippen LogP contribution < -0.4 is 10.5 Å². The van der Waals surface area contributed by atoms with Crippen LogP contribution in [0.2, 0.25) is 0 Å². The summed E-state index contributed by atoms with van der Waals surface area (Å²) in [6, 6.07) is 4.46. The molecule has 0 spiro atoms. The second-order valence-corrected chi connectivity index (χ2v) is 3.20. The number of ether oxygens (including phenoxy) is 1. The monoisotopic (exact) mass is 192 g/mol. The number of halogens is 1. The van der Waals surface area contributed by atoms with E-state index in [4.69, 9.17) is 15.7 Å². The fourth-order valence-electron chi connectivity index (χ4n) is 1.57. The molecule has 1 aromatic carbocycles. The standard InChI is InChI=1S/C10H9FN2O/c11-8-2-1-6-9(13)3-4-14-10(6)7(8)5-12/h1-2,9H,3-4,13H2/t9-/m0/s1. The van der Waals surface area contributed by atoms with Gasteiger partial charge in [0.05, 0.1) is 6.61 Å². The summed E-state index contributed by atoms with van der Waals surface area (Å²) in [4.78, 5) is 0. The molecule has 0 aliphatic carbocycles. The van der Waals surface area contributed by atoms with E-state index in [0.717, 1.165) is 0 Å². The Labute approximate surface area is 80.9 Å². The number of fused-ring (bicyclic) bond motifs is 1. The van der Waals surface area contributed by atoms with Crippen LogP contribution in [-0.4, -0.2) is 6.61 Å². The summed E-state index contributed by atoms with van der Waals surface area (Å²) in [6.07, 6.45) is 0.698. The summed E-state index contributed by atoms with van der Waals surface area (Å²) >= 11 is 0. The molecule has 0 saturated heterocycles. The quantitative estimate of drug-likeness (QED) is 0.677. The molecule has 1 heterocycles. The number of hydrogen-bond acceptors (Lipinski definition) is 3. The van der Waals surface area contributed by atoms with Gasteiger partial charge in [-0.1, -0.05) is 6.07 Å². The van der Waals surface area contributed by atoms with E-state index in [-0.39, 0.29) is 11.6 Å². The average molecular weight is 192 g/mol. The highest BCUT2D eigenvalue weighted by atomic mass is 19.1. The van der Waals surface area contributed by atoms with E-state index < -0.39 is 5.82 Å². The number of rotatable bonds is 0. The summed E-state index contributed by atoms with van der Waals surface area (Å²) in [5, 5.41) is 8.75. The molecule has 72 valence electrons. The van der Waals surface area contributed by atoms with Crippen molar-refractivity contribution in [3.05, 3.63) is 29.1 Å². The van der Waals surface area contributed by atoms with Gasteiger partial charge in [-0.15, -0.1) is 0 Å². The van der Waals surface area contributed by atoms with Crippen molar-refractivity contribution in [3.63, 3.8) is 0 Å². The van der Waals surface area contributed by atoms with E-state index in [1.807, 2.05) is 0 Å². The predicted octanol–water partition coefficient (Wildman–Crippen LogP) is 1.48. The number of nitrogens with two attached hydrogens (primary N) is 1. The second kappa shape index (κ2) is 3.28. The first-order valence-corrected chi connectivity index (χ1v) is 4.35. The lowest BCUT2D eigenvalue weighted by atomic mass is 9.98. The van der Waals surface area contributed by atoms with Gasteiger partial charge in [-0.2, -0.15) is 5.26 Å². The summed E-state index contributed by atoms with van der Waals surface area (Å²) in [7, 11) is 0. The van der Waals surface area contributed by atoms with Crippen LogP contribution >= 0.6 is 0 Å². The Morgan fingerprint density at radius 1 is 1.57 bits per heavy atom. The molecule has 0 aromatic heterocycles. The smallest absolute Gasteiger partial charge is 0.144 e. The highest BCUT2D eigenvalue weighted by molar-refractivity contribution is 5.51. The number of benzene rings is 1. The first-order valence-electron chi connectivity index (χ1n) is 4.35. The third-order valence-corrected chi connectivity index (χ3v) is 2.32. The van der Waals surface area contributed by atoms with Gasteiger partial charge in [0.2, 0.25) is 0 Å². The molecular formula is C10H9FN2O. The lowest BCUT2D eigenvalue weighted by Gasteiger charge is -2.23. The Morgan fingerprint density at radius 3 is 3.07 bits per heavy atom. The summed E-state index contributed by atoms with van der Waals surface area (Å²) in [5.41, 5.74) is 6.48. The van der Waals surface area contributed by atoms with E-state index in [9.17, 15) is 4.39 Å². The molecule has 1 aliphatic heterocycles. The van der Waals surface area contributed by atoms with Gasteiger partial charge in [0, 0.05) is 18.0 Å². The molecule has 0 bridgehead atoms. The normalized spacial score (nSPS) is 19.4. The van der Waals surface area contributed by atoms with E-state index in [0.29, 0.717) is 24.3 Å². The van der Waals surface area contributed by atoms with Gasteiger partial charge in [-0.05, 0) is 6.07 Å². The van der Waals surface area contributed by atoms with E-state index in [2.05, 4.69) is 0 Å². The summed E-state index contributed by atoms with van der Waals surface area (Å²) in [5.74, 6) is -0.244. The minimum atomic E-state index is -0.555. The lowest BCUT2D eigenvalue weighted by molar-refractivity contribution is 0.266. The van der Waals surface area contributed by atoms with Crippen LogP contribution in [0, 0.1) is 17.1 Å².